The zero-order valence-corrected chi connectivity index (χ0v) is 24.8. The van der Waals surface area contributed by atoms with Gasteiger partial charge in [0.05, 0.1) is 24.5 Å². The van der Waals surface area contributed by atoms with Crippen molar-refractivity contribution in [1.82, 2.24) is 4.90 Å². The number of carbonyl (C=O) groups excluding carboxylic acids is 2. The van der Waals surface area contributed by atoms with Crippen LogP contribution < -0.4 is 0 Å². The largest absolute Gasteiger partial charge is 0.507 e. The summed E-state index contributed by atoms with van der Waals surface area (Å²) in [5, 5.41) is 23.0. The summed E-state index contributed by atoms with van der Waals surface area (Å²) < 4.78 is 6.18. The van der Waals surface area contributed by atoms with Gasteiger partial charge < -0.3 is 14.8 Å². The van der Waals surface area contributed by atoms with Crippen LogP contribution in [0.15, 0.2) is 46.4 Å². The van der Waals surface area contributed by atoms with E-state index in [0.717, 1.165) is 47.3 Å². The van der Waals surface area contributed by atoms with Gasteiger partial charge in [-0.25, -0.2) is 0 Å². The molecular weight excluding hydrogens is 521 g/mol. The maximum atomic E-state index is 13.7. The van der Waals surface area contributed by atoms with Gasteiger partial charge in [0.25, 0.3) is 0 Å². The zero-order chi connectivity index (χ0) is 28.6. The number of hydrogen-bond donors (Lipinski definition) is 2. The number of phenolic OH excluding ortho intramolecular Hbond substituents is 1. The molecule has 0 spiro atoms. The van der Waals surface area contributed by atoms with Crippen molar-refractivity contribution in [1.29, 1.82) is 0 Å². The minimum Gasteiger partial charge on any atom is -0.507 e. The third kappa shape index (κ3) is 5.59. The first-order valence-corrected chi connectivity index (χ1v) is 15.5. The summed E-state index contributed by atoms with van der Waals surface area (Å²) >= 11 is 1.56. The molecule has 0 unspecified atom stereocenters. The number of aromatic hydroxyl groups is 1. The highest BCUT2D eigenvalue weighted by Gasteiger charge is 2.57. The molecule has 40 heavy (non-hydrogen) atoms. The molecule has 2 N–H and O–H groups in total. The number of nitrogens with zero attached hydrogens (tertiary/aromatic N) is 1. The Bertz CT molecular complexity index is 1310. The first-order chi connectivity index (χ1) is 19.2. The van der Waals surface area contributed by atoms with Crippen molar-refractivity contribution in [2.75, 3.05) is 0 Å². The van der Waals surface area contributed by atoms with Crippen LogP contribution in [0.25, 0.3) is 6.08 Å². The van der Waals surface area contributed by atoms with E-state index in [0.29, 0.717) is 31.5 Å². The third-order valence-electron chi connectivity index (χ3n) is 8.91. The maximum absolute atomic E-state index is 13.7. The fourth-order valence-electron chi connectivity index (χ4n) is 7.06. The molecule has 8 heteroatoms. The lowest BCUT2D eigenvalue weighted by Gasteiger charge is -2.43. The van der Waals surface area contributed by atoms with Gasteiger partial charge >= 0.3 is 7.12 Å². The van der Waals surface area contributed by atoms with Crippen molar-refractivity contribution in [3.8, 4) is 5.75 Å². The normalized spacial score (nSPS) is 25.1. The van der Waals surface area contributed by atoms with Crippen LogP contribution in [0.3, 0.4) is 0 Å². The standard InChI is InChI=1S/C32H40BNO5S/c1-5-8-23-16-25-29(32(37)34(31(25)36)18-24-9-7-12-40-24)26-17-33(38)39-27(28(23)26)11-10-21(6-2)15-22-13-19(3)30(35)20(4)14-22/h7,9,12-15,25-27,29,35,38H,5-6,8,10-11,16-18H2,1-4H3/b21-15+/t25-,26+,27-,29-/m1/s1. The molecule has 1 aromatic carbocycles. The van der Waals surface area contributed by atoms with Gasteiger partial charge in [0.1, 0.15) is 5.75 Å². The lowest BCUT2D eigenvalue weighted by molar-refractivity contribution is -0.140. The van der Waals surface area contributed by atoms with Crippen molar-refractivity contribution < 1.29 is 24.4 Å². The van der Waals surface area contributed by atoms with Gasteiger partial charge in [0.15, 0.2) is 0 Å². The van der Waals surface area contributed by atoms with Gasteiger partial charge in [-0.15, -0.1) is 11.3 Å². The number of imide groups is 1. The predicted octanol–water partition coefficient (Wildman–Crippen LogP) is 6.44. The second-order valence-electron chi connectivity index (χ2n) is 11.6. The van der Waals surface area contributed by atoms with Crippen molar-refractivity contribution >= 4 is 36.3 Å². The zero-order valence-electron chi connectivity index (χ0n) is 24.0. The number of thiophene rings is 1. The summed E-state index contributed by atoms with van der Waals surface area (Å²) in [6, 6.07) is 7.91. The Kier molecular flexibility index (Phi) is 8.69. The molecule has 2 aromatic rings. The number of aryl methyl sites for hydroxylation is 2. The molecule has 0 saturated carbocycles. The summed E-state index contributed by atoms with van der Waals surface area (Å²) in [6.45, 7) is 8.45. The molecule has 0 radical (unpaired) electrons. The number of allylic oxidation sites excluding steroid dienone is 2. The topological polar surface area (TPSA) is 87.1 Å². The van der Waals surface area contributed by atoms with Crippen LogP contribution >= 0.6 is 11.3 Å². The summed E-state index contributed by atoms with van der Waals surface area (Å²) in [5.41, 5.74) is 6.47. The fourth-order valence-corrected chi connectivity index (χ4v) is 7.75. The van der Waals surface area contributed by atoms with E-state index in [1.807, 2.05) is 43.5 Å². The average Bonchev–Trinajstić information content (AvgIpc) is 3.52. The second kappa shape index (κ2) is 12.1. The highest BCUT2D eigenvalue weighted by atomic mass is 32.1. The molecule has 2 amide bonds. The van der Waals surface area contributed by atoms with Crippen molar-refractivity contribution in [2.45, 2.75) is 85.2 Å². The van der Waals surface area contributed by atoms with E-state index < -0.39 is 13.0 Å². The van der Waals surface area contributed by atoms with E-state index in [9.17, 15) is 19.7 Å². The Hall–Kier alpha value is -2.68. The van der Waals surface area contributed by atoms with Crippen molar-refractivity contribution in [3.63, 3.8) is 0 Å². The number of rotatable bonds is 9. The third-order valence-corrected chi connectivity index (χ3v) is 9.77. The van der Waals surface area contributed by atoms with Crippen LogP contribution in [0.2, 0.25) is 6.32 Å². The van der Waals surface area contributed by atoms with Gasteiger partial charge in [0.2, 0.25) is 11.8 Å². The molecular formula is C32H40BNO5S. The molecule has 6 nitrogen and oxygen atoms in total. The summed E-state index contributed by atoms with van der Waals surface area (Å²) in [6.07, 6.45) is 7.10. The Balaban J connectivity index is 1.41. The molecule has 4 atom stereocenters. The van der Waals surface area contributed by atoms with Gasteiger partial charge in [0, 0.05) is 4.88 Å². The first-order valence-electron chi connectivity index (χ1n) is 14.6. The van der Waals surface area contributed by atoms with Crippen LogP contribution in [0.4, 0.5) is 0 Å². The lowest BCUT2D eigenvalue weighted by atomic mass is 9.58. The number of amides is 2. The van der Waals surface area contributed by atoms with Crippen LogP contribution in [0.1, 0.15) is 73.9 Å². The van der Waals surface area contributed by atoms with Gasteiger partial charge in [-0.05, 0) is 104 Å². The fraction of sp³-hybridized carbons (Fsp3) is 0.500. The Morgan fingerprint density at radius 3 is 2.58 bits per heavy atom. The van der Waals surface area contributed by atoms with Crippen molar-refractivity contribution in [3.05, 3.63) is 67.9 Å². The number of phenols is 1. The maximum Gasteiger partial charge on any atom is 0.455 e. The Morgan fingerprint density at radius 1 is 1.18 bits per heavy atom. The minimum absolute atomic E-state index is 0.0655. The SMILES string of the molecule is CCCC1=C2[C@@H](CC/C(=C/c3cc(C)c(O)c(C)c3)CC)OB(O)C[C@@H]2[C@@H]2C(=O)N(Cc3cccs3)C(=O)[C@@H]2C1. The van der Waals surface area contributed by atoms with E-state index in [-0.39, 0.29) is 29.8 Å². The van der Waals surface area contributed by atoms with E-state index in [2.05, 4.69) is 19.9 Å². The van der Waals surface area contributed by atoms with Crippen LogP contribution in [0, 0.1) is 31.6 Å². The quantitative estimate of drug-likeness (QED) is 0.209. The molecule has 5 rings (SSSR count). The second-order valence-corrected chi connectivity index (χ2v) is 12.6. The number of benzene rings is 1. The minimum atomic E-state index is -0.953. The monoisotopic (exact) mass is 561 g/mol. The molecule has 2 aliphatic heterocycles. The predicted molar refractivity (Wildman–Crippen MR) is 160 cm³/mol. The smallest absolute Gasteiger partial charge is 0.455 e. The lowest BCUT2D eigenvalue weighted by Crippen LogP contribution is -2.46. The van der Waals surface area contributed by atoms with E-state index >= 15 is 0 Å². The molecule has 2 saturated heterocycles. The van der Waals surface area contributed by atoms with Crippen LogP contribution in [-0.2, 0) is 20.8 Å². The molecule has 1 aromatic heterocycles. The molecule has 3 heterocycles. The number of carbonyl (C=O) groups is 2. The van der Waals surface area contributed by atoms with Gasteiger partial charge in [-0.2, -0.15) is 0 Å². The Labute approximate surface area is 241 Å². The van der Waals surface area contributed by atoms with E-state index in [4.69, 9.17) is 4.65 Å². The molecule has 0 bridgehead atoms. The van der Waals surface area contributed by atoms with Crippen molar-refractivity contribution in [2.24, 2.45) is 17.8 Å². The Morgan fingerprint density at radius 2 is 1.93 bits per heavy atom. The summed E-state index contributed by atoms with van der Waals surface area (Å²) in [7, 11) is -0.953. The molecule has 2 fully saturated rings. The van der Waals surface area contributed by atoms with Crippen LogP contribution in [-0.4, -0.2) is 40.1 Å². The van der Waals surface area contributed by atoms with Gasteiger partial charge in [-0.1, -0.05) is 43.6 Å². The highest BCUT2D eigenvalue weighted by Crippen LogP contribution is 2.51. The molecule has 1 aliphatic carbocycles. The number of fused-ring (bicyclic) bond motifs is 3. The van der Waals surface area contributed by atoms with E-state index in [1.54, 1.807) is 11.3 Å². The first kappa shape index (κ1) is 28.8. The number of hydrogen-bond acceptors (Lipinski definition) is 6. The molecule has 3 aliphatic rings. The number of likely N-dealkylation sites (tertiary alicyclic amines) is 1. The summed E-state index contributed by atoms with van der Waals surface area (Å²) in [5.74, 6) is -0.763. The summed E-state index contributed by atoms with van der Waals surface area (Å²) in [4.78, 5) is 29.7. The van der Waals surface area contributed by atoms with E-state index in [1.165, 1.54) is 21.6 Å². The highest BCUT2D eigenvalue weighted by molar-refractivity contribution is 7.09. The average molecular weight is 562 g/mol. The van der Waals surface area contributed by atoms with Crippen LogP contribution in [0.5, 0.6) is 5.75 Å². The van der Waals surface area contributed by atoms with Gasteiger partial charge in [-0.3, -0.25) is 14.5 Å². The molecule has 212 valence electrons.